The average Bonchev–Trinajstić information content (AvgIpc) is 2.79. The summed E-state index contributed by atoms with van der Waals surface area (Å²) in [6, 6.07) is -2.40. The second-order valence-corrected chi connectivity index (χ2v) is 8.23. The Labute approximate surface area is 193 Å². The third kappa shape index (κ3) is 9.44. The van der Waals surface area contributed by atoms with E-state index >= 15 is 0 Å². The fourth-order valence-corrected chi connectivity index (χ4v) is 2.85. The van der Waals surface area contributed by atoms with Gasteiger partial charge in [-0.2, -0.15) is 0 Å². The maximum atomic E-state index is 12.9. The first kappa shape index (κ1) is 29.7. The minimum absolute atomic E-state index is 0.294. The molecule has 0 aliphatic carbocycles. The first-order valence-corrected chi connectivity index (χ1v) is 11.6. The Hall–Kier alpha value is -2.32. The molecule has 0 aliphatic rings. The Morgan fingerprint density at radius 2 is 1.09 bits per heavy atom. The van der Waals surface area contributed by atoms with Gasteiger partial charge in [-0.25, -0.2) is 9.59 Å². The fraction of sp³-hybridized carbons (Fsp3) is 0.826. The van der Waals surface area contributed by atoms with Crippen LogP contribution >= 0.6 is 0 Å². The smallest absolute Gasteiger partial charge is 0.410 e. The van der Waals surface area contributed by atoms with Crippen molar-refractivity contribution in [1.29, 1.82) is 0 Å². The van der Waals surface area contributed by atoms with E-state index in [0.717, 1.165) is 38.5 Å². The minimum atomic E-state index is -0.820. The molecule has 0 aromatic carbocycles. The summed E-state index contributed by atoms with van der Waals surface area (Å²) in [5.41, 5.74) is 0. The lowest BCUT2D eigenvalue weighted by Crippen LogP contribution is -2.55. The molecule has 3 amide bonds. The summed E-state index contributed by atoms with van der Waals surface area (Å²) in [7, 11) is 4.50. The van der Waals surface area contributed by atoms with Gasteiger partial charge in [-0.05, 0) is 33.6 Å². The molecule has 0 aliphatic heterocycles. The van der Waals surface area contributed by atoms with Gasteiger partial charge in [0.1, 0.15) is 18.1 Å². The molecule has 9 heteroatoms. The van der Waals surface area contributed by atoms with Crippen LogP contribution in [-0.4, -0.2) is 91.1 Å². The Kier molecular flexibility index (Phi) is 14.4. The number of esters is 1. The highest BCUT2D eigenvalue weighted by atomic mass is 16.6. The van der Waals surface area contributed by atoms with Crippen LogP contribution in [-0.2, 0) is 23.9 Å². The van der Waals surface area contributed by atoms with Gasteiger partial charge in [0, 0.05) is 21.1 Å². The zero-order valence-electron chi connectivity index (χ0n) is 21.2. The standard InChI is InChI=1S/C23H43N3O6/c1-9-11-13-14-16-31-22(29)19(5)25(7)20(27)17(3)24(6)21(28)18(4)26(8)23(30)32-15-12-10-2/h17-19H,9-16H2,1-8H3. The van der Waals surface area contributed by atoms with Crippen LogP contribution in [0.3, 0.4) is 0 Å². The number of carbonyl (C=O) groups is 4. The average molecular weight is 458 g/mol. The van der Waals surface area contributed by atoms with Crippen molar-refractivity contribution < 1.29 is 28.7 Å². The Morgan fingerprint density at radius 3 is 1.62 bits per heavy atom. The molecule has 0 N–H and O–H groups in total. The largest absolute Gasteiger partial charge is 0.464 e. The summed E-state index contributed by atoms with van der Waals surface area (Å²) in [5.74, 6) is -1.27. The SMILES string of the molecule is CCCCCCOC(=O)C(C)N(C)C(=O)C(C)N(C)C(=O)C(C)N(C)C(=O)OCCCC. The molecule has 0 aromatic heterocycles. The van der Waals surface area contributed by atoms with Crippen molar-refractivity contribution in [2.75, 3.05) is 34.4 Å². The second-order valence-electron chi connectivity index (χ2n) is 8.23. The van der Waals surface area contributed by atoms with Crippen LogP contribution in [0.5, 0.6) is 0 Å². The predicted molar refractivity (Wildman–Crippen MR) is 123 cm³/mol. The summed E-state index contributed by atoms with van der Waals surface area (Å²) >= 11 is 0. The third-order valence-corrected chi connectivity index (χ3v) is 5.75. The van der Waals surface area contributed by atoms with Crippen molar-refractivity contribution in [3.8, 4) is 0 Å². The maximum absolute atomic E-state index is 12.9. The van der Waals surface area contributed by atoms with Crippen LogP contribution in [0.2, 0.25) is 0 Å². The van der Waals surface area contributed by atoms with Crippen molar-refractivity contribution in [3.63, 3.8) is 0 Å². The maximum Gasteiger partial charge on any atom is 0.410 e. The molecule has 3 atom stereocenters. The minimum Gasteiger partial charge on any atom is -0.464 e. The molecule has 0 fully saturated rings. The lowest BCUT2D eigenvalue weighted by molar-refractivity contribution is -0.156. The summed E-state index contributed by atoms with van der Waals surface area (Å²) in [6.45, 7) is 9.49. The highest BCUT2D eigenvalue weighted by Gasteiger charge is 2.34. The monoisotopic (exact) mass is 457 g/mol. The van der Waals surface area contributed by atoms with E-state index in [4.69, 9.17) is 9.47 Å². The van der Waals surface area contributed by atoms with E-state index in [0.29, 0.717) is 13.2 Å². The van der Waals surface area contributed by atoms with Crippen LogP contribution in [0.25, 0.3) is 0 Å². The number of nitrogens with zero attached hydrogens (tertiary/aromatic N) is 3. The zero-order chi connectivity index (χ0) is 24.8. The number of hydrogen-bond acceptors (Lipinski definition) is 6. The number of carbonyl (C=O) groups excluding carboxylic acids is 4. The lowest BCUT2D eigenvalue weighted by Gasteiger charge is -2.33. The highest BCUT2D eigenvalue weighted by molar-refractivity contribution is 5.92. The number of amides is 3. The number of rotatable bonds is 14. The summed E-state index contributed by atoms with van der Waals surface area (Å²) < 4.78 is 10.4. The quantitative estimate of drug-likeness (QED) is 0.294. The van der Waals surface area contributed by atoms with Gasteiger partial charge in [0.25, 0.3) is 0 Å². The number of hydrogen-bond donors (Lipinski definition) is 0. The van der Waals surface area contributed by atoms with Gasteiger partial charge in [-0.1, -0.05) is 39.5 Å². The Balaban J connectivity index is 4.83. The summed E-state index contributed by atoms with van der Waals surface area (Å²) in [5, 5.41) is 0. The van der Waals surface area contributed by atoms with Crippen molar-refractivity contribution >= 4 is 23.9 Å². The number of likely N-dealkylation sites (N-methyl/N-ethyl adjacent to an activating group) is 3. The Bertz CT molecular complexity index is 613. The van der Waals surface area contributed by atoms with Gasteiger partial charge in [-0.15, -0.1) is 0 Å². The van der Waals surface area contributed by atoms with E-state index in [2.05, 4.69) is 6.92 Å². The molecule has 32 heavy (non-hydrogen) atoms. The van der Waals surface area contributed by atoms with Gasteiger partial charge in [0.15, 0.2) is 0 Å². The molecule has 0 saturated heterocycles. The molecule has 9 nitrogen and oxygen atoms in total. The van der Waals surface area contributed by atoms with E-state index in [1.54, 1.807) is 20.8 Å². The molecule has 0 aromatic rings. The molecule has 0 bridgehead atoms. The molecule has 0 rings (SSSR count). The second kappa shape index (κ2) is 15.5. The van der Waals surface area contributed by atoms with E-state index in [1.807, 2.05) is 6.92 Å². The molecule has 0 saturated carbocycles. The van der Waals surface area contributed by atoms with Crippen LogP contribution in [0.1, 0.15) is 73.1 Å². The molecule has 186 valence electrons. The van der Waals surface area contributed by atoms with Crippen molar-refractivity contribution in [2.24, 2.45) is 0 Å². The van der Waals surface area contributed by atoms with Crippen LogP contribution < -0.4 is 0 Å². The normalized spacial score (nSPS) is 13.5. The van der Waals surface area contributed by atoms with Crippen molar-refractivity contribution in [2.45, 2.75) is 91.3 Å². The van der Waals surface area contributed by atoms with Gasteiger partial charge < -0.3 is 19.3 Å². The van der Waals surface area contributed by atoms with Gasteiger partial charge in [0.2, 0.25) is 11.8 Å². The van der Waals surface area contributed by atoms with E-state index < -0.39 is 42.0 Å². The predicted octanol–water partition coefficient (Wildman–Crippen LogP) is 3.06. The van der Waals surface area contributed by atoms with Crippen LogP contribution in [0.15, 0.2) is 0 Å². The Morgan fingerprint density at radius 1 is 0.625 bits per heavy atom. The number of ether oxygens (including phenoxy) is 2. The van der Waals surface area contributed by atoms with E-state index in [9.17, 15) is 19.2 Å². The molecule has 0 heterocycles. The molecule has 3 unspecified atom stereocenters. The van der Waals surface area contributed by atoms with Crippen molar-refractivity contribution in [3.05, 3.63) is 0 Å². The van der Waals surface area contributed by atoms with Gasteiger partial charge in [-0.3, -0.25) is 14.5 Å². The van der Waals surface area contributed by atoms with Gasteiger partial charge >= 0.3 is 12.1 Å². The molecule has 0 radical (unpaired) electrons. The zero-order valence-corrected chi connectivity index (χ0v) is 21.2. The number of unbranched alkanes of at least 4 members (excludes halogenated alkanes) is 4. The van der Waals surface area contributed by atoms with E-state index in [1.165, 1.54) is 35.8 Å². The van der Waals surface area contributed by atoms with Gasteiger partial charge in [0.05, 0.1) is 13.2 Å². The van der Waals surface area contributed by atoms with Crippen LogP contribution in [0, 0.1) is 0 Å². The summed E-state index contributed by atoms with van der Waals surface area (Å²) in [4.78, 5) is 53.9. The third-order valence-electron chi connectivity index (χ3n) is 5.75. The molecular formula is C23H43N3O6. The molecule has 0 spiro atoms. The van der Waals surface area contributed by atoms with Crippen LogP contribution in [0.4, 0.5) is 4.79 Å². The highest BCUT2D eigenvalue weighted by Crippen LogP contribution is 2.11. The summed E-state index contributed by atoms with van der Waals surface area (Å²) in [6.07, 6.45) is 5.04. The lowest BCUT2D eigenvalue weighted by atomic mass is 10.2. The topological polar surface area (TPSA) is 96.5 Å². The van der Waals surface area contributed by atoms with Crippen molar-refractivity contribution in [1.82, 2.24) is 14.7 Å². The first-order valence-electron chi connectivity index (χ1n) is 11.6. The fourth-order valence-electron chi connectivity index (χ4n) is 2.85. The van der Waals surface area contributed by atoms with E-state index in [-0.39, 0.29) is 0 Å². The molecular weight excluding hydrogens is 414 g/mol. The first-order chi connectivity index (χ1) is 15.0.